The Morgan fingerprint density at radius 1 is 0.261 bits per heavy atom. The molecule has 46 heavy (non-hydrogen) atoms. The molecule has 0 radical (unpaired) electrons. The van der Waals surface area contributed by atoms with Crippen LogP contribution in [0.15, 0.2) is 181 Å². The van der Waals surface area contributed by atoms with E-state index in [1.807, 2.05) is 0 Å². The molecule has 9 aromatic carbocycles. The van der Waals surface area contributed by atoms with Crippen molar-refractivity contribution in [1.82, 2.24) is 0 Å². The summed E-state index contributed by atoms with van der Waals surface area (Å²) in [5.41, 5.74) is -7.19. The second-order valence-electron chi connectivity index (χ2n) is 9.75. The SMILES string of the molecule is [2H]c1c([2H])c([2H])c(-c2c([2H])c([2H])c3c(-c4c([2H])c([2H])c5c([2H])c([2H])c([2H])c([2H])c5c4[2H])c4c([2H])c([2H])c([2H])c([2H])c4c(-c4c([2H])c([2H])c([2H])c(-c5c([2H])c([2H])c([2H])c6c([2H])c([2H])c([2H])c([2H])c56)c4[2H])c3c2[2H])c([2H])c1[2H]. The van der Waals surface area contributed by atoms with Crippen LogP contribution in [0.1, 0.15) is 41.1 Å². The van der Waals surface area contributed by atoms with Crippen LogP contribution in [-0.4, -0.2) is 0 Å². The number of rotatable bonds is 4. The quantitative estimate of drug-likeness (QED) is 0.173. The first-order valence-corrected chi connectivity index (χ1v) is 13.5. The number of hydrogen-bond acceptors (Lipinski definition) is 0. The summed E-state index contributed by atoms with van der Waals surface area (Å²) in [6.45, 7) is 0. The fraction of sp³-hybridized carbons (Fsp3) is 0. The molecule has 0 aliphatic heterocycles. The lowest BCUT2D eigenvalue weighted by Gasteiger charge is -2.19. The molecule has 0 aliphatic rings. The Balaban J connectivity index is 1.69. The van der Waals surface area contributed by atoms with Crippen molar-refractivity contribution in [3.05, 3.63) is 181 Å². The van der Waals surface area contributed by atoms with E-state index < -0.39 is 269 Å². The highest BCUT2D eigenvalue weighted by Gasteiger charge is 2.18. The fourth-order valence-electron chi connectivity index (χ4n) is 5.22. The van der Waals surface area contributed by atoms with E-state index in [4.69, 9.17) is 26.0 Å². The number of benzene rings is 9. The maximum absolute atomic E-state index is 10.1. The molecule has 0 saturated heterocycles. The molecule has 0 aromatic heterocycles. The van der Waals surface area contributed by atoms with Crippen LogP contribution >= 0.6 is 0 Å². The highest BCUT2D eigenvalue weighted by atomic mass is 14.2. The third kappa shape index (κ3) is 4.38. The van der Waals surface area contributed by atoms with Crippen molar-refractivity contribution in [2.75, 3.05) is 0 Å². The van der Waals surface area contributed by atoms with Crippen molar-refractivity contribution >= 4 is 43.1 Å². The molecule has 0 heterocycles. The topological polar surface area (TPSA) is 0 Å². The zero-order valence-corrected chi connectivity index (χ0v) is 23.0. The van der Waals surface area contributed by atoms with Gasteiger partial charge >= 0.3 is 0 Å². The number of hydrogen-bond donors (Lipinski definition) is 0. The maximum atomic E-state index is 10.1. The normalized spacial score (nSPS) is 20.6. The van der Waals surface area contributed by atoms with Crippen molar-refractivity contribution in [2.24, 2.45) is 0 Å². The smallest absolute Gasteiger partial charge is 0.0622 e. The van der Waals surface area contributed by atoms with Crippen molar-refractivity contribution in [1.29, 1.82) is 0 Å². The Hall–Kier alpha value is -5.98. The van der Waals surface area contributed by atoms with Gasteiger partial charge in [-0.15, -0.1) is 0 Å². The molecule has 9 rings (SSSR count). The monoisotopic (exact) mass is 612 g/mol. The van der Waals surface area contributed by atoms with Gasteiger partial charge in [-0.25, -0.2) is 0 Å². The summed E-state index contributed by atoms with van der Waals surface area (Å²) in [6, 6.07) is -30.4. The molecular weight excluding hydrogens is 553 g/mol. The Kier molecular flexibility index (Phi) is 2.37. The largest absolute Gasteiger partial charge is 0.0636 e. The average molecular weight is 613 g/mol. The van der Waals surface area contributed by atoms with E-state index in [0.717, 1.165) is 0 Å². The van der Waals surface area contributed by atoms with E-state index in [2.05, 4.69) is 0 Å². The van der Waals surface area contributed by atoms with Crippen molar-refractivity contribution in [2.45, 2.75) is 0 Å². The average Bonchev–Trinajstić information content (AvgIpc) is 3.40. The molecule has 0 bridgehead atoms. The zero-order chi connectivity index (χ0) is 56.6. The van der Waals surface area contributed by atoms with Gasteiger partial charge in [-0.3, -0.25) is 0 Å². The molecule has 9 aromatic rings. The van der Waals surface area contributed by atoms with Crippen LogP contribution in [0.2, 0.25) is 0 Å². The molecule has 0 atom stereocenters. The molecule has 0 fully saturated rings. The van der Waals surface area contributed by atoms with E-state index in [-0.39, 0.29) is 0 Å². The van der Waals surface area contributed by atoms with Crippen molar-refractivity contribution in [3.63, 3.8) is 0 Å². The third-order valence-corrected chi connectivity index (χ3v) is 7.19. The fourth-order valence-corrected chi connectivity index (χ4v) is 5.22. The first-order valence-electron chi connectivity index (χ1n) is 28.5. The molecule has 0 unspecified atom stereocenters. The molecule has 0 spiro atoms. The van der Waals surface area contributed by atoms with E-state index in [0.29, 0.717) is 0 Å². The standard InChI is InChI=1S/C46H30/c1-2-12-31(13-3-1)35-26-27-43-44(30-35)46(37-19-10-18-36(29-37)40-23-11-17-33-15-6-7-20-39(33)40)42-22-9-8-21-41(42)45(43)38-25-24-32-14-4-5-16-34(32)28-38/h1-30H/i1D,2D,3D,4D,5D,6D,7D,8D,9D,10D,11D,12D,13D,14D,15D,16D,17D,18D,19D,20D,21D,22D,23D,24D,25D,26D,27D,28D,29D,30D. The molecule has 0 nitrogen and oxygen atoms in total. The summed E-state index contributed by atoms with van der Waals surface area (Å²) in [4.78, 5) is 0. The minimum atomic E-state index is -1.17. The van der Waals surface area contributed by atoms with Crippen LogP contribution in [-0.2, 0) is 0 Å². The predicted molar refractivity (Wildman–Crippen MR) is 198 cm³/mol. The van der Waals surface area contributed by atoms with E-state index >= 15 is 0 Å². The number of fused-ring (bicyclic) bond motifs is 4. The van der Waals surface area contributed by atoms with Gasteiger partial charge in [0, 0.05) is 0 Å². The summed E-state index contributed by atoms with van der Waals surface area (Å²) in [7, 11) is 0. The lowest BCUT2D eigenvalue weighted by atomic mass is 9.84. The van der Waals surface area contributed by atoms with Gasteiger partial charge in [0.15, 0.2) is 0 Å². The molecule has 0 saturated carbocycles. The van der Waals surface area contributed by atoms with Gasteiger partial charge in [0.1, 0.15) is 0 Å². The Labute approximate surface area is 311 Å². The second-order valence-corrected chi connectivity index (χ2v) is 9.75. The van der Waals surface area contributed by atoms with Crippen LogP contribution < -0.4 is 0 Å². The highest BCUT2D eigenvalue weighted by molar-refractivity contribution is 6.22. The summed E-state index contributed by atoms with van der Waals surface area (Å²) < 4.78 is 270. The minimum Gasteiger partial charge on any atom is -0.0622 e. The van der Waals surface area contributed by atoms with Crippen molar-refractivity contribution < 1.29 is 41.1 Å². The van der Waals surface area contributed by atoms with Crippen LogP contribution in [0.3, 0.4) is 0 Å². The van der Waals surface area contributed by atoms with E-state index in [9.17, 15) is 15.1 Å². The Morgan fingerprint density at radius 2 is 0.804 bits per heavy atom. The zero-order valence-electron chi connectivity index (χ0n) is 53.0. The van der Waals surface area contributed by atoms with E-state index in [1.165, 1.54) is 0 Å². The van der Waals surface area contributed by atoms with Crippen molar-refractivity contribution in [3.8, 4) is 44.5 Å². The summed E-state index contributed by atoms with van der Waals surface area (Å²) in [5.74, 6) is 0. The minimum absolute atomic E-state index is 0.641. The van der Waals surface area contributed by atoms with Crippen LogP contribution in [0.4, 0.5) is 0 Å². The first-order chi connectivity index (χ1) is 35.3. The molecule has 0 heteroatoms. The molecule has 0 N–H and O–H groups in total. The molecule has 214 valence electrons. The lowest BCUT2D eigenvalue weighted by molar-refractivity contribution is 1.62. The van der Waals surface area contributed by atoms with Crippen LogP contribution in [0.5, 0.6) is 0 Å². The Bertz CT molecular complexity index is 4240. The third-order valence-electron chi connectivity index (χ3n) is 7.19. The van der Waals surface area contributed by atoms with Gasteiger partial charge < -0.3 is 0 Å². The Morgan fingerprint density at radius 3 is 1.63 bits per heavy atom. The van der Waals surface area contributed by atoms with Gasteiger partial charge in [-0.2, -0.15) is 0 Å². The van der Waals surface area contributed by atoms with Gasteiger partial charge in [0.05, 0.1) is 41.1 Å². The molecular formula is C46H30. The maximum Gasteiger partial charge on any atom is 0.0636 e. The predicted octanol–water partition coefficient (Wildman–Crippen LogP) is 13.0. The van der Waals surface area contributed by atoms with Gasteiger partial charge in [0.25, 0.3) is 0 Å². The lowest BCUT2D eigenvalue weighted by Crippen LogP contribution is -1.92. The summed E-state index contributed by atoms with van der Waals surface area (Å²) >= 11 is 0. The van der Waals surface area contributed by atoms with Gasteiger partial charge in [-0.05, 0) is 106 Å². The van der Waals surface area contributed by atoms with Gasteiger partial charge in [0.2, 0.25) is 0 Å². The molecule has 0 aliphatic carbocycles. The first kappa shape index (κ1) is 10.0. The highest BCUT2D eigenvalue weighted by Crippen LogP contribution is 2.46. The van der Waals surface area contributed by atoms with Gasteiger partial charge in [-0.1, -0.05) is 163 Å². The second kappa shape index (κ2) is 10.9. The molecule has 0 amide bonds. The van der Waals surface area contributed by atoms with E-state index in [1.54, 1.807) is 0 Å². The summed E-state index contributed by atoms with van der Waals surface area (Å²) in [6.07, 6.45) is 0. The van der Waals surface area contributed by atoms with Crippen LogP contribution in [0, 0.1) is 0 Å². The summed E-state index contributed by atoms with van der Waals surface area (Å²) in [5, 5.41) is -6.22. The van der Waals surface area contributed by atoms with Crippen LogP contribution in [0.25, 0.3) is 87.6 Å².